The fourth-order valence-electron chi connectivity index (χ4n) is 3.88. The number of carbonyl (C=O) groups is 1. The third-order valence-corrected chi connectivity index (χ3v) is 6.03. The zero-order chi connectivity index (χ0) is 26.7. The number of ether oxygens (including phenoxy) is 2. The third-order valence-electron chi connectivity index (χ3n) is 6.03. The van der Waals surface area contributed by atoms with Gasteiger partial charge in [0.05, 0.1) is 5.97 Å². The normalized spacial score (nSPS) is 10.8. The largest absolute Gasteiger partial charge is 1.00 e. The van der Waals surface area contributed by atoms with Crippen LogP contribution in [0.2, 0.25) is 0 Å². The number of hydrogen-bond donors (Lipinski definition) is 0. The first kappa shape index (κ1) is 32.7. The van der Waals surface area contributed by atoms with E-state index in [0.29, 0.717) is 18.1 Å². The van der Waals surface area contributed by atoms with Crippen LogP contribution in [0.4, 0.5) is 0 Å². The number of aliphatic carboxylic acids is 1. The maximum absolute atomic E-state index is 11.6. The van der Waals surface area contributed by atoms with E-state index in [2.05, 4.69) is 4.98 Å². The molecule has 9 nitrogen and oxygen atoms in total. The molecule has 0 aliphatic heterocycles. The number of carbonyl (C=O) groups excluding carboxylic acids is 1. The molecule has 192 valence electrons. The number of carboxylic acids is 1. The van der Waals surface area contributed by atoms with Gasteiger partial charge >= 0.3 is 64.9 Å². The molecule has 39 heavy (non-hydrogen) atoms. The van der Waals surface area contributed by atoms with E-state index in [4.69, 9.17) is 14.0 Å². The standard InChI is InChI=1S/C28H28N2O7.2Na/c1-17-14-22(36-28(3,4)25(31)32)12-13-23(17)24-7-5-6-20(18(24)2)16-35-21-10-8-19(9-11-21)15-30-26(33)29-27(34)37-30;;/h5-14H,15-16H2,1-4H3,(H2,29,31,32,33,34);;/q;2*+1/p-2. The van der Waals surface area contributed by atoms with Crippen molar-refractivity contribution in [1.82, 2.24) is 9.72 Å². The summed E-state index contributed by atoms with van der Waals surface area (Å²) in [4.78, 5) is 37.1. The van der Waals surface area contributed by atoms with Crippen LogP contribution in [0.3, 0.4) is 0 Å². The predicted molar refractivity (Wildman–Crippen MR) is 133 cm³/mol. The van der Waals surface area contributed by atoms with Gasteiger partial charge in [-0.3, -0.25) is 9.53 Å². The van der Waals surface area contributed by atoms with Crippen LogP contribution in [0.1, 0.15) is 36.1 Å². The minimum Gasteiger partial charge on any atom is -0.546 e. The zero-order valence-corrected chi connectivity index (χ0v) is 26.9. The molecule has 4 rings (SSSR count). The first-order valence-electron chi connectivity index (χ1n) is 11.6. The van der Waals surface area contributed by atoms with Crippen molar-refractivity contribution in [3.8, 4) is 22.6 Å². The molecule has 0 amide bonds. The average Bonchev–Trinajstić information content (AvgIpc) is 3.15. The molecule has 1 heterocycles. The topological polar surface area (TPSA) is 125 Å². The van der Waals surface area contributed by atoms with E-state index in [9.17, 15) is 19.5 Å². The second-order valence-corrected chi connectivity index (χ2v) is 9.19. The van der Waals surface area contributed by atoms with Gasteiger partial charge in [0.15, 0.2) is 5.69 Å². The number of aryl methyl sites for hydroxylation is 1. The van der Waals surface area contributed by atoms with Gasteiger partial charge in [-0.1, -0.05) is 36.4 Å². The summed E-state index contributed by atoms with van der Waals surface area (Å²) < 4.78 is 17.2. The Hall–Kier alpha value is -2.53. The third kappa shape index (κ3) is 8.00. The molecule has 3 aromatic carbocycles. The Kier molecular flexibility index (Phi) is 11.5. The van der Waals surface area contributed by atoms with Crippen LogP contribution < -0.4 is 90.1 Å². The van der Waals surface area contributed by atoms with Gasteiger partial charge in [-0.25, -0.2) is 4.79 Å². The summed E-state index contributed by atoms with van der Waals surface area (Å²) >= 11 is 0. The Labute approximate surface area is 269 Å². The van der Waals surface area contributed by atoms with Crippen molar-refractivity contribution in [1.29, 1.82) is 0 Å². The van der Waals surface area contributed by atoms with Gasteiger partial charge in [0.1, 0.15) is 23.7 Å². The van der Waals surface area contributed by atoms with E-state index in [1.807, 2.05) is 44.2 Å². The fourth-order valence-corrected chi connectivity index (χ4v) is 3.88. The molecule has 4 aromatic rings. The van der Waals surface area contributed by atoms with Gasteiger partial charge < -0.3 is 28.9 Å². The van der Waals surface area contributed by atoms with Gasteiger partial charge in [-0.15, -0.1) is 0 Å². The molecule has 0 fully saturated rings. The van der Waals surface area contributed by atoms with Gasteiger partial charge in [0, 0.05) is 6.54 Å². The smallest absolute Gasteiger partial charge is 0.546 e. The van der Waals surface area contributed by atoms with E-state index in [1.165, 1.54) is 13.8 Å². The molecule has 0 radical (unpaired) electrons. The quantitative estimate of drug-likeness (QED) is 0.198. The van der Waals surface area contributed by atoms with Crippen LogP contribution in [0, 0.1) is 13.8 Å². The Morgan fingerprint density at radius 1 is 0.974 bits per heavy atom. The molecular formula is C28H26N2Na2O7. The number of nitrogens with zero attached hydrogens (tertiary/aromatic N) is 2. The Morgan fingerprint density at radius 2 is 1.64 bits per heavy atom. The van der Waals surface area contributed by atoms with E-state index in [0.717, 1.165) is 38.1 Å². The molecule has 0 bridgehead atoms. The van der Waals surface area contributed by atoms with Crippen molar-refractivity contribution in [2.45, 2.75) is 46.4 Å². The van der Waals surface area contributed by atoms with Crippen LogP contribution >= 0.6 is 0 Å². The van der Waals surface area contributed by atoms with Crippen LogP contribution in [0.15, 0.2) is 74.8 Å². The van der Waals surface area contributed by atoms with Gasteiger partial charge in [-0.2, -0.15) is 0 Å². The van der Waals surface area contributed by atoms with Crippen molar-refractivity contribution in [3.63, 3.8) is 0 Å². The summed E-state index contributed by atoms with van der Waals surface area (Å²) in [6.07, 6.45) is 0. The number of benzene rings is 3. The number of carboxylic acid groups (broad SMARTS) is 1. The SMILES string of the molecule is Cc1cc(OC(C)(C)C(=O)[O-])ccc1-c1cccc(COc2ccc(Cn3oc(=O)[n-]c3=O)cc2)c1C.[Na+].[Na+]. The first-order chi connectivity index (χ1) is 17.5. The fraction of sp³-hybridized carbons (Fsp3) is 0.250. The van der Waals surface area contributed by atoms with Crippen molar-refractivity contribution in [2.75, 3.05) is 0 Å². The zero-order valence-electron chi connectivity index (χ0n) is 22.9. The summed E-state index contributed by atoms with van der Waals surface area (Å²) in [7, 11) is 0. The van der Waals surface area contributed by atoms with E-state index >= 15 is 0 Å². The van der Waals surface area contributed by atoms with Crippen LogP contribution in [0.25, 0.3) is 11.1 Å². The number of aromatic nitrogens is 2. The summed E-state index contributed by atoms with van der Waals surface area (Å²) in [5.41, 5.74) is 3.65. The molecule has 0 saturated carbocycles. The summed E-state index contributed by atoms with van der Waals surface area (Å²) in [6.45, 7) is 7.33. The molecule has 0 aliphatic carbocycles. The monoisotopic (exact) mass is 548 g/mol. The molecule has 1 aromatic heterocycles. The van der Waals surface area contributed by atoms with Crippen molar-refractivity contribution >= 4 is 5.97 Å². The Balaban J connectivity index is 0.00000267. The molecule has 0 unspecified atom stereocenters. The second kappa shape index (κ2) is 13.7. The predicted octanol–water partition coefficient (Wildman–Crippen LogP) is -3.41. The van der Waals surface area contributed by atoms with E-state index in [-0.39, 0.29) is 65.7 Å². The summed E-state index contributed by atoms with van der Waals surface area (Å²) in [5, 5.41) is 11.3. The molecule has 0 N–H and O–H groups in total. The first-order valence-corrected chi connectivity index (χ1v) is 11.6. The molecule has 0 aliphatic rings. The maximum Gasteiger partial charge on any atom is 1.00 e. The van der Waals surface area contributed by atoms with E-state index < -0.39 is 23.0 Å². The van der Waals surface area contributed by atoms with Crippen LogP contribution in [0.5, 0.6) is 11.5 Å². The van der Waals surface area contributed by atoms with Gasteiger partial charge in [-0.05, 0) is 85.3 Å². The molecular weight excluding hydrogens is 522 g/mol. The molecule has 0 spiro atoms. The van der Waals surface area contributed by atoms with Gasteiger partial charge in [0.2, 0.25) is 0 Å². The minimum absolute atomic E-state index is 0. The second-order valence-electron chi connectivity index (χ2n) is 9.19. The molecule has 0 saturated heterocycles. The van der Waals surface area contributed by atoms with Gasteiger partial charge in [0.25, 0.3) is 0 Å². The van der Waals surface area contributed by atoms with Crippen molar-refractivity contribution in [2.24, 2.45) is 0 Å². The Bertz CT molecular complexity index is 1550. The molecule has 11 heteroatoms. The average molecular weight is 549 g/mol. The maximum atomic E-state index is 11.6. The summed E-state index contributed by atoms with van der Waals surface area (Å²) in [6, 6.07) is 18.6. The van der Waals surface area contributed by atoms with Crippen LogP contribution in [-0.2, 0) is 17.9 Å². The Morgan fingerprint density at radius 3 is 2.23 bits per heavy atom. The minimum atomic E-state index is -1.44. The van der Waals surface area contributed by atoms with E-state index in [1.54, 1.807) is 30.3 Å². The van der Waals surface area contributed by atoms with Crippen molar-refractivity contribution in [3.05, 3.63) is 104 Å². The number of rotatable bonds is 9. The van der Waals surface area contributed by atoms with Crippen LogP contribution in [-0.4, -0.2) is 16.3 Å². The van der Waals surface area contributed by atoms with Crippen molar-refractivity contribution < 1.29 is 83.0 Å². The number of hydrogen-bond acceptors (Lipinski definition) is 7. The molecule has 0 atom stereocenters. The summed E-state index contributed by atoms with van der Waals surface area (Å²) in [5.74, 6) is -1.09.